The van der Waals surface area contributed by atoms with Gasteiger partial charge in [0.25, 0.3) is 0 Å². The number of carbonyl (C=O) groups excluding carboxylic acids is 1. The van der Waals surface area contributed by atoms with Gasteiger partial charge >= 0.3 is 0 Å². The first-order chi connectivity index (χ1) is 8.75. The molecule has 2 rings (SSSR count). The summed E-state index contributed by atoms with van der Waals surface area (Å²) in [5.74, 6) is 0.957. The van der Waals surface area contributed by atoms with Gasteiger partial charge in [0.1, 0.15) is 0 Å². The van der Waals surface area contributed by atoms with E-state index in [1.807, 2.05) is 0 Å². The molecule has 2 aliphatic carbocycles. The maximum atomic E-state index is 11.4. The number of aliphatic imine (C=N–C) groups is 1. The third-order valence-electron chi connectivity index (χ3n) is 3.60. The van der Waals surface area contributed by atoms with Crippen LogP contribution < -0.4 is 16.4 Å². The van der Waals surface area contributed by atoms with E-state index in [0.29, 0.717) is 25.1 Å². The third kappa shape index (κ3) is 4.55. The number of nitrogens with two attached hydrogens (primary N) is 1. The van der Waals surface area contributed by atoms with E-state index in [0.717, 1.165) is 12.8 Å². The summed E-state index contributed by atoms with van der Waals surface area (Å²) in [5, 5.41) is 6.13. The highest BCUT2D eigenvalue weighted by molar-refractivity contribution is 5.81. The Bertz CT molecular complexity index is 306. The number of rotatable bonds is 5. The van der Waals surface area contributed by atoms with Crippen LogP contribution in [0.5, 0.6) is 0 Å². The first kappa shape index (κ1) is 13.2. The minimum atomic E-state index is 0.170. The van der Waals surface area contributed by atoms with Gasteiger partial charge in [0.05, 0.1) is 6.54 Å². The topological polar surface area (TPSA) is 79.5 Å². The SMILES string of the molecule is NC(=NCCNC(=O)C1CC1)NC1CCCCC1. The average Bonchev–Trinajstić information content (AvgIpc) is 3.20. The molecule has 0 bridgehead atoms. The molecular weight excluding hydrogens is 228 g/mol. The fourth-order valence-electron chi connectivity index (χ4n) is 2.35. The number of nitrogens with zero attached hydrogens (tertiary/aromatic N) is 1. The van der Waals surface area contributed by atoms with Gasteiger partial charge < -0.3 is 16.4 Å². The van der Waals surface area contributed by atoms with Crippen LogP contribution in [0.25, 0.3) is 0 Å². The summed E-state index contributed by atoms with van der Waals surface area (Å²) in [6.45, 7) is 1.15. The van der Waals surface area contributed by atoms with Crippen LogP contribution in [0, 0.1) is 5.92 Å². The Hall–Kier alpha value is -1.26. The summed E-state index contributed by atoms with van der Waals surface area (Å²) in [7, 11) is 0. The van der Waals surface area contributed by atoms with E-state index in [4.69, 9.17) is 5.73 Å². The molecule has 0 radical (unpaired) electrons. The zero-order chi connectivity index (χ0) is 12.8. The molecule has 2 aliphatic rings. The number of carbonyl (C=O) groups is 1. The van der Waals surface area contributed by atoms with E-state index >= 15 is 0 Å². The molecule has 4 N–H and O–H groups in total. The summed E-state index contributed by atoms with van der Waals surface area (Å²) in [4.78, 5) is 15.6. The summed E-state index contributed by atoms with van der Waals surface area (Å²) in [6, 6.07) is 0.489. The smallest absolute Gasteiger partial charge is 0.223 e. The van der Waals surface area contributed by atoms with E-state index in [-0.39, 0.29) is 11.8 Å². The second-order valence-corrected chi connectivity index (χ2v) is 5.31. The fourth-order valence-corrected chi connectivity index (χ4v) is 2.35. The molecular formula is C13H24N4O. The predicted molar refractivity (Wildman–Crippen MR) is 72.2 cm³/mol. The van der Waals surface area contributed by atoms with Gasteiger partial charge in [-0.3, -0.25) is 9.79 Å². The quantitative estimate of drug-likeness (QED) is 0.384. The third-order valence-corrected chi connectivity index (χ3v) is 3.60. The minimum Gasteiger partial charge on any atom is -0.370 e. The zero-order valence-corrected chi connectivity index (χ0v) is 11.0. The highest BCUT2D eigenvalue weighted by Crippen LogP contribution is 2.28. The van der Waals surface area contributed by atoms with Gasteiger partial charge in [-0.15, -0.1) is 0 Å². The molecule has 5 heteroatoms. The number of hydrogen-bond donors (Lipinski definition) is 3. The van der Waals surface area contributed by atoms with Gasteiger partial charge in [0.15, 0.2) is 5.96 Å². The lowest BCUT2D eigenvalue weighted by atomic mass is 9.96. The van der Waals surface area contributed by atoms with E-state index in [9.17, 15) is 4.79 Å². The van der Waals surface area contributed by atoms with Crippen molar-refractivity contribution in [3.63, 3.8) is 0 Å². The maximum absolute atomic E-state index is 11.4. The van der Waals surface area contributed by atoms with Gasteiger partial charge in [0.2, 0.25) is 5.91 Å². The molecule has 2 fully saturated rings. The van der Waals surface area contributed by atoms with E-state index in [2.05, 4.69) is 15.6 Å². The molecule has 0 aromatic rings. The van der Waals surface area contributed by atoms with Crippen LogP contribution in [0.4, 0.5) is 0 Å². The molecule has 0 spiro atoms. The molecule has 2 saturated carbocycles. The minimum absolute atomic E-state index is 0.170. The standard InChI is InChI=1S/C13H24N4O/c14-13(17-11-4-2-1-3-5-11)16-9-8-15-12(18)10-6-7-10/h10-11H,1-9H2,(H,15,18)(H3,14,16,17). The summed E-state index contributed by atoms with van der Waals surface area (Å²) >= 11 is 0. The number of amides is 1. The van der Waals surface area contributed by atoms with Crippen molar-refractivity contribution in [1.82, 2.24) is 10.6 Å². The second-order valence-electron chi connectivity index (χ2n) is 5.31. The van der Waals surface area contributed by atoms with Crippen LogP contribution >= 0.6 is 0 Å². The summed E-state index contributed by atoms with van der Waals surface area (Å²) in [6.07, 6.45) is 8.36. The van der Waals surface area contributed by atoms with E-state index < -0.39 is 0 Å². The monoisotopic (exact) mass is 252 g/mol. The highest BCUT2D eigenvalue weighted by Gasteiger charge is 2.28. The molecule has 1 amide bonds. The van der Waals surface area contributed by atoms with Gasteiger partial charge in [-0.2, -0.15) is 0 Å². The molecule has 0 atom stereocenters. The molecule has 5 nitrogen and oxygen atoms in total. The van der Waals surface area contributed by atoms with Crippen molar-refractivity contribution < 1.29 is 4.79 Å². The fraction of sp³-hybridized carbons (Fsp3) is 0.846. The predicted octanol–water partition coefficient (Wildman–Crippen LogP) is 0.750. The molecule has 0 aromatic heterocycles. The average molecular weight is 252 g/mol. The van der Waals surface area contributed by atoms with Crippen molar-refractivity contribution in [3.05, 3.63) is 0 Å². The lowest BCUT2D eigenvalue weighted by Gasteiger charge is -2.23. The van der Waals surface area contributed by atoms with Crippen LogP contribution in [0.3, 0.4) is 0 Å². The molecule has 18 heavy (non-hydrogen) atoms. The Labute approximate surface area is 109 Å². The van der Waals surface area contributed by atoms with Crippen molar-refractivity contribution in [2.24, 2.45) is 16.6 Å². The number of hydrogen-bond acceptors (Lipinski definition) is 2. The van der Waals surface area contributed by atoms with Crippen molar-refractivity contribution >= 4 is 11.9 Å². The molecule has 102 valence electrons. The van der Waals surface area contributed by atoms with E-state index in [1.54, 1.807) is 0 Å². The van der Waals surface area contributed by atoms with Crippen molar-refractivity contribution in [2.75, 3.05) is 13.1 Å². The Morgan fingerprint density at radius 1 is 1.17 bits per heavy atom. The zero-order valence-electron chi connectivity index (χ0n) is 11.0. The first-order valence-corrected chi connectivity index (χ1v) is 7.10. The Morgan fingerprint density at radius 2 is 1.89 bits per heavy atom. The molecule has 0 unspecified atom stereocenters. The molecule has 0 aromatic carbocycles. The number of nitrogens with one attached hydrogen (secondary N) is 2. The van der Waals surface area contributed by atoms with Gasteiger partial charge in [-0.1, -0.05) is 19.3 Å². The Morgan fingerprint density at radius 3 is 2.56 bits per heavy atom. The summed E-state index contributed by atoms with van der Waals surface area (Å²) < 4.78 is 0. The Balaban J connectivity index is 1.57. The lowest BCUT2D eigenvalue weighted by molar-refractivity contribution is -0.122. The highest BCUT2D eigenvalue weighted by atomic mass is 16.2. The van der Waals surface area contributed by atoms with Crippen LogP contribution in [0.1, 0.15) is 44.9 Å². The van der Waals surface area contributed by atoms with Gasteiger partial charge in [0, 0.05) is 18.5 Å². The van der Waals surface area contributed by atoms with Gasteiger partial charge in [-0.05, 0) is 25.7 Å². The summed E-state index contributed by atoms with van der Waals surface area (Å²) in [5.41, 5.74) is 5.82. The first-order valence-electron chi connectivity index (χ1n) is 7.10. The number of guanidine groups is 1. The maximum Gasteiger partial charge on any atom is 0.223 e. The second kappa shape index (κ2) is 6.61. The normalized spacial score (nSPS) is 21.7. The van der Waals surface area contributed by atoms with Crippen LogP contribution in [-0.2, 0) is 4.79 Å². The van der Waals surface area contributed by atoms with E-state index in [1.165, 1.54) is 32.1 Å². The van der Waals surface area contributed by atoms with Crippen LogP contribution in [-0.4, -0.2) is 31.0 Å². The van der Waals surface area contributed by atoms with Gasteiger partial charge in [-0.25, -0.2) is 0 Å². The Kier molecular flexibility index (Phi) is 4.84. The molecule has 0 aliphatic heterocycles. The molecule has 0 heterocycles. The molecule has 0 saturated heterocycles. The van der Waals surface area contributed by atoms with Crippen LogP contribution in [0.2, 0.25) is 0 Å². The largest absolute Gasteiger partial charge is 0.370 e. The van der Waals surface area contributed by atoms with Crippen molar-refractivity contribution in [2.45, 2.75) is 51.0 Å². The van der Waals surface area contributed by atoms with Crippen LogP contribution in [0.15, 0.2) is 4.99 Å². The van der Waals surface area contributed by atoms with Crippen molar-refractivity contribution in [1.29, 1.82) is 0 Å². The van der Waals surface area contributed by atoms with Crippen molar-refractivity contribution in [3.8, 4) is 0 Å². The lowest BCUT2D eigenvalue weighted by Crippen LogP contribution is -2.41.